The van der Waals surface area contributed by atoms with E-state index in [9.17, 15) is 24.4 Å². The number of alkyl halides is 1. The summed E-state index contributed by atoms with van der Waals surface area (Å²) in [5.74, 6) is 0.846. The largest absolute Gasteiger partial charge is 0.489 e. The molecule has 4 aromatic rings. The zero-order chi connectivity index (χ0) is 49.4. The Hall–Kier alpha value is -5.79. The van der Waals surface area contributed by atoms with E-state index in [0.717, 1.165) is 111 Å². The van der Waals surface area contributed by atoms with Crippen molar-refractivity contribution in [3.8, 4) is 17.6 Å². The van der Waals surface area contributed by atoms with E-state index in [1.165, 1.54) is 25.7 Å². The van der Waals surface area contributed by atoms with Crippen molar-refractivity contribution in [1.29, 1.82) is 5.26 Å². The average Bonchev–Trinajstić information content (AvgIpc) is 3.63. The van der Waals surface area contributed by atoms with Crippen molar-refractivity contribution in [3.05, 3.63) is 105 Å². The van der Waals surface area contributed by atoms with Crippen LogP contribution in [0.5, 0.6) is 11.5 Å². The summed E-state index contributed by atoms with van der Waals surface area (Å²) in [4.78, 5) is 72.0. The van der Waals surface area contributed by atoms with Gasteiger partial charge in [-0.05, 0) is 131 Å². The maximum Gasteiger partial charge on any atom is 0.264 e. The predicted octanol–water partition coefficient (Wildman–Crippen LogP) is 7.21. The predicted molar refractivity (Wildman–Crippen MR) is 270 cm³/mol. The van der Waals surface area contributed by atoms with Gasteiger partial charge in [-0.15, -0.1) is 11.6 Å². The number of carbonyl (C=O) groups excluding carboxylic acids is 4. The van der Waals surface area contributed by atoms with E-state index in [0.29, 0.717) is 57.3 Å². The SMILES string of the molecule is CC(C)(c1ccc(OCc2ccnc(N3CC4(CCN(C5CCN(CC6CCN(c7cccc8c7C(=O)N(C7CCC(=O)NC7=O)C8=O)CC6)CC5)CC4)C3)n2)cc1)c1cc(Cl)c(OCCCl)c(C#N)c1. The van der Waals surface area contributed by atoms with Gasteiger partial charge in [0.05, 0.1) is 39.0 Å². The van der Waals surface area contributed by atoms with E-state index in [1.807, 2.05) is 60.8 Å². The number of nitrogens with zero attached hydrogens (tertiary/aromatic N) is 8. The van der Waals surface area contributed by atoms with Crippen LogP contribution in [0.15, 0.2) is 66.9 Å². The summed E-state index contributed by atoms with van der Waals surface area (Å²) in [7, 11) is 0. The van der Waals surface area contributed by atoms with Crippen LogP contribution in [0.25, 0.3) is 0 Å². The summed E-state index contributed by atoms with van der Waals surface area (Å²) in [5, 5.41) is 12.5. The fraction of sp³-hybridized carbons (Fsp3) is 0.500. The number of nitrogens with one attached hydrogen (secondary N) is 1. The van der Waals surface area contributed by atoms with Crippen LogP contribution in [0.1, 0.15) is 108 Å². The van der Waals surface area contributed by atoms with Gasteiger partial charge in [-0.2, -0.15) is 5.26 Å². The number of ether oxygens (including phenoxy) is 2. The summed E-state index contributed by atoms with van der Waals surface area (Å²) < 4.78 is 11.9. The Kier molecular flexibility index (Phi) is 14.0. The highest BCUT2D eigenvalue weighted by Crippen LogP contribution is 2.44. The monoisotopic (exact) mass is 1000 g/mol. The summed E-state index contributed by atoms with van der Waals surface area (Å²) >= 11 is 12.4. The molecule has 0 aliphatic carbocycles. The maximum atomic E-state index is 13.7. The molecule has 7 heterocycles. The Morgan fingerprint density at radius 3 is 2.31 bits per heavy atom. The standard InChI is InChI=1S/C54H61Cl2N9O6/c1-53(2,38-28-36(30-57)48(43(56)29-38)70-27-19-55)37-6-8-41(9-7-37)71-32-39-12-20-58-52(59-39)64-33-54(34-64)17-25-62(26-18-54)40-15-21-61(22-16-40)31-35-13-23-63(24-14-35)44-5-3-4-42-47(44)51(69)65(50(42)68)45-10-11-46(66)60-49(45)67/h3-9,12,20,28-29,35,40,45H,10-11,13-19,21-27,31-34H2,1-2H3,(H,60,66,67). The molecule has 5 saturated heterocycles. The van der Waals surface area contributed by atoms with Crippen molar-refractivity contribution < 1.29 is 28.7 Å². The van der Waals surface area contributed by atoms with Crippen LogP contribution in [-0.2, 0) is 21.6 Å². The summed E-state index contributed by atoms with van der Waals surface area (Å²) in [6, 6.07) is 20.9. The number of hydrogen-bond acceptors (Lipinski definition) is 13. The number of hydrogen-bond donors (Lipinski definition) is 1. The topological polar surface area (TPSA) is 165 Å². The van der Waals surface area contributed by atoms with E-state index in [-0.39, 0.29) is 25.4 Å². The molecule has 71 heavy (non-hydrogen) atoms. The average molecular weight is 1000 g/mol. The summed E-state index contributed by atoms with van der Waals surface area (Å²) in [6.45, 7) is 13.9. The Labute approximate surface area is 425 Å². The smallest absolute Gasteiger partial charge is 0.264 e. The number of likely N-dealkylation sites (tertiary alicyclic amines) is 2. The maximum absolute atomic E-state index is 13.7. The molecule has 3 aromatic carbocycles. The zero-order valence-corrected chi connectivity index (χ0v) is 42.0. The van der Waals surface area contributed by atoms with Gasteiger partial charge in [0.1, 0.15) is 31.1 Å². The molecule has 4 amide bonds. The van der Waals surface area contributed by atoms with Gasteiger partial charge in [0, 0.05) is 62.2 Å². The van der Waals surface area contributed by atoms with Crippen LogP contribution >= 0.6 is 23.2 Å². The molecule has 1 unspecified atom stereocenters. The molecule has 10 rings (SSSR count). The number of amides is 4. The van der Waals surface area contributed by atoms with Gasteiger partial charge in [0.15, 0.2) is 5.75 Å². The first-order valence-corrected chi connectivity index (χ1v) is 26.0. The lowest BCUT2D eigenvalue weighted by Gasteiger charge is -2.55. The first-order valence-electron chi connectivity index (χ1n) is 25.1. The van der Waals surface area contributed by atoms with Gasteiger partial charge in [-0.3, -0.25) is 29.4 Å². The molecular formula is C54H61Cl2N9O6. The molecule has 6 aliphatic heterocycles. The molecule has 1 atom stereocenters. The van der Waals surface area contributed by atoms with Crippen LogP contribution in [0.2, 0.25) is 5.02 Å². The lowest BCUT2D eigenvalue weighted by Crippen LogP contribution is -2.62. The van der Waals surface area contributed by atoms with Crippen molar-refractivity contribution in [1.82, 2.24) is 30.0 Å². The number of imide groups is 2. The molecule has 15 nitrogen and oxygen atoms in total. The van der Waals surface area contributed by atoms with Gasteiger partial charge in [-0.25, -0.2) is 9.97 Å². The highest BCUT2D eigenvalue weighted by atomic mass is 35.5. The van der Waals surface area contributed by atoms with E-state index in [2.05, 4.69) is 49.8 Å². The summed E-state index contributed by atoms with van der Waals surface area (Å²) in [6.07, 6.45) is 8.87. The van der Waals surface area contributed by atoms with E-state index in [1.54, 1.807) is 6.07 Å². The third kappa shape index (κ3) is 9.93. The van der Waals surface area contributed by atoms with Crippen LogP contribution in [0.4, 0.5) is 11.6 Å². The van der Waals surface area contributed by atoms with E-state index < -0.39 is 29.2 Å². The van der Waals surface area contributed by atoms with Crippen LogP contribution in [-0.4, -0.2) is 132 Å². The Bertz CT molecular complexity index is 2720. The van der Waals surface area contributed by atoms with Crippen molar-refractivity contribution in [2.24, 2.45) is 11.3 Å². The molecule has 372 valence electrons. The number of piperidine rings is 4. The molecule has 17 heteroatoms. The van der Waals surface area contributed by atoms with Crippen molar-refractivity contribution in [3.63, 3.8) is 0 Å². The molecule has 0 saturated carbocycles. The highest BCUT2D eigenvalue weighted by molar-refractivity contribution is 6.32. The van der Waals surface area contributed by atoms with Gasteiger partial charge >= 0.3 is 0 Å². The second-order valence-corrected chi connectivity index (χ2v) is 21.6. The quantitative estimate of drug-likeness (QED) is 0.0997. The van der Waals surface area contributed by atoms with Crippen molar-refractivity contribution in [2.75, 3.05) is 81.2 Å². The number of carbonyl (C=O) groups is 4. The first kappa shape index (κ1) is 48.8. The lowest BCUT2D eigenvalue weighted by molar-refractivity contribution is -0.136. The van der Waals surface area contributed by atoms with E-state index >= 15 is 0 Å². The third-order valence-corrected chi connectivity index (χ3v) is 16.5. The fourth-order valence-electron chi connectivity index (χ4n) is 11.8. The molecule has 6 aliphatic rings. The second-order valence-electron chi connectivity index (χ2n) is 20.8. The number of anilines is 2. The summed E-state index contributed by atoms with van der Waals surface area (Å²) in [5.41, 5.74) is 4.50. The molecular weight excluding hydrogens is 942 g/mol. The van der Waals surface area contributed by atoms with Gasteiger partial charge in [0.2, 0.25) is 17.8 Å². The molecule has 0 bridgehead atoms. The third-order valence-electron chi connectivity index (χ3n) is 16.1. The van der Waals surface area contributed by atoms with Gasteiger partial charge in [0.25, 0.3) is 11.8 Å². The molecule has 5 fully saturated rings. The normalized spacial score (nSPS) is 21.3. The minimum Gasteiger partial charge on any atom is -0.489 e. The number of halogens is 2. The number of fused-ring (bicyclic) bond motifs is 1. The molecule has 0 radical (unpaired) electrons. The number of nitriles is 1. The van der Waals surface area contributed by atoms with Crippen molar-refractivity contribution >= 4 is 58.5 Å². The first-order chi connectivity index (χ1) is 34.3. The minimum absolute atomic E-state index is 0.101. The number of aromatic nitrogens is 2. The van der Waals surface area contributed by atoms with Crippen molar-refractivity contribution in [2.45, 2.75) is 89.3 Å². The molecule has 1 N–H and O–H groups in total. The molecule has 1 spiro atoms. The Morgan fingerprint density at radius 1 is 0.859 bits per heavy atom. The minimum atomic E-state index is -0.968. The zero-order valence-electron chi connectivity index (χ0n) is 40.5. The number of benzene rings is 3. The van der Waals surface area contributed by atoms with Gasteiger partial charge < -0.3 is 29.1 Å². The Morgan fingerprint density at radius 2 is 1.61 bits per heavy atom. The van der Waals surface area contributed by atoms with E-state index in [4.69, 9.17) is 37.7 Å². The number of rotatable bonds is 14. The van der Waals surface area contributed by atoms with Crippen LogP contribution in [0, 0.1) is 22.7 Å². The van der Waals surface area contributed by atoms with Crippen LogP contribution < -0.4 is 24.6 Å². The fourth-order valence-corrected chi connectivity index (χ4v) is 12.1. The van der Waals surface area contributed by atoms with Gasteiger partial charge in [-0.1, -0.05) is 43.6 Å². The lowest BCUT2D eigenvalue weighted by atomic mass is 9.71. The second kappa shape index (κ2) is 20.4. The Balaban J connectivity index is 0.646. The highest BCUT2D eigenvalue weighted by Gasteiger charge is 2.48. The molecule has 1 aromatic heterocycles. The van der Waals surface area contributed by atoms with Crippen LogP contribution in [0.3, 0.4) is 0 Å².